The zero-order valence-corrected chi connectivity index (χ0v) is 8.27. The Morgan fingerprint density at radius 2 is 2.18 bits per heavy atom. The van der Waals surface area contributed by atoms with Gasteiger partial charge < -0.3 is 4.90 Å². The Labute approximate surface area is 74.7 Å². The van der Waals surface area contributed by atoms with Gasteiger partial charge in [0.25, 0.3) is 0 Å². The number of rotatable bonds is 3. The van der Waals surface area contributed by atoms with Crippen molar-refractivity contribution in [3.63, 3.8) is 0 Å². The van der Waals surface area contributed by atoms with E-state index in [-0.39, 0.29) is 0 Å². The predicted octanol–water partition coefficient (Wildman–Crippen LogP) is 2.35. The normalized spacial score (nSPS) is 33.0. The second-order valence-corrected chi connectivity index (χ2v) is 4.17. The molecule has 2 unspecified atom stereocenters. The van der Waals surface area contributed by atoms with Crippen LogP contribution in [0, 0.1) is 5.92 Å². The van der Waals surface area contributed by atoms with E-state index in [0.717, 1.165) is 6.54 Å². The largest absolute Gasteiger partial charge is 0.302 e. The highest BCUT2D eigenvalue weighted by Gasteiger charge is 2.26. The quantitative estimate of drug-likeness (QED) is 0.596. The molecule has 0 saturated carbocycles. The van der Waals surface area contributed by atoms with Gasteiger partial charge in [-0.05, 0) is 18.9 Å². The monoisotopic (exact) mass is 175 g/mol. The maximum absolute atomic E-state index is 6.09. The number of hydrogen-bond acceptors (Lipinski definition) is 1. The number of alkyl halides is 1. The number of likely N-dealkylation sites (tertiary alicyclic amines) is 1. The second kappa shape index (κ2) is 4.32. The summed E-state index contributed by atoms with van der Waals surface area (Å²) in [5, 5.41) is 0.395. The number of halogens is 1. The molecule has 1 fully saturated rings. The summed E-state index contributed by atoms with van der Waals surface area (Å²) in [5.41, 5.74) is 0. The van der Waals surface area contributed by atoms with Crippen LogP contribution in [0.1, 0.15) is 26.7 Å². The molecule has 1 nitrogen and oxygen atoms in total. The molecule has 0 aliphatic carbocycles. The van der Waals surface area contributed by atoms with E-state index in [2.05, 4.69) is 18.7 Å². The Kier molecular flexibility index (Phi) is 3.67. The maximum Gasteiger partial charge on any atom is 0.0500 e. The highest BCUT2D eigenvalue weighted by molar-refractivity contribution is 6.21. The Hall–Kier alpha value is 0.250. The molecular formula is C9H18ClN. The number of unbranched alkanes of at least 4 members (excludes halogenated alkanes) is 1. The summed E-state index contributed by atoms with van der Waals surface area (Å²) in [7, 11) is 0. The van der Waals surface area contributed by atoms with Gasteiger partial charge in [-0.25, -0.2) is 0 Å². The average Bonchev–Trinajstić information content (AvgIpc) is 2.28. The standard InChI is InChI=1S/C9H18ClN/c1-3-4-5-11-6-8(2)9(10)7-11/h8-9H,3-7H2,1-2H3. The van der Waals surface area contributed by atoms with Gasteiger partial charge in [-0.1, -0.05) is 20.3 Å². The van der Waals surface area contributed by atoms with Crippen LogP contribution in [0.4, 0.5) is 0 Å². The van der Waals surface area contributed by atoms with Crippen LogP contribution in [0.15, 0.2) is 0 Å². The summed E-state index contributed by atoms with van der Waals surface area (Å²) in [5.74, 6) is 0.688. The van der Waals surface area contributed by atoms with Gasteiger partial charge in [-0.15, -0.1) is 11.6 Å². The minimum atomic E-state index is 0.395. The van der Waals surface area contributed by atoms with Gasteiger partial charge in [0.1, 0.15) is 0 Å². The van der Waals surface area contributed by atoms with Crippen LogP contribution >= 0.6 is 11.6 Å². The topological polar surface area (TPSA) is 3.24 Å². The predicted molar refractivity (Wildman–Crippen MR) is 50.2 cm³/mol. The van der Waals surface area contributed by atoms with Crippen molar-refractivity contribution in [2.24, 2.45) is 5.92 Å². The molecule has 0 aromatic carbocycles. The number of nitrogens with zero attached hydrogens (tertiary/aromatic N) is 1. The molecule has 0 spiro atoms. The van der Waals surface area contributed by atoms with E-state index >= 15 is 0 Å². The Morgan fingerprint density at radius 1 is 1.45 bits per heavy atom. The molecule has 0 bridgehead atoms. The van der Waals surface area contributed by atoms with Gasteiger partial charge in [0, 0.05) is 13.1 Å². The molecule has 1 rings (SSSR count). The summed E-state index contributed by atoms with van der Waals surface area (Å²) in [4.78, 5) is 2.48. The van der Waals surface area contributed by atoms with Crippen LogP contribution < -0.4 is 0 Å². The molecule has 1 saturated heterocycles. The van der Waals surface area contributed by atoms with E-state index < -0.39 is 0 Å². The van der Waals surface area contributed by atoms with Crippen molar-refractivity contribution in [2.75, 3.05) is 19.6 Å². The lowest BCUT2D eigenvalue weighted by atomic mass is 10.2. The zero-order chi connectivity index (χ0) is 8.27. The van der Waals surface area contributed by atoms with Crippen molar-refractivity contribution in [3.05, 3.63) is 0 Å². The second-order valence-electron chi connectivity index (χ2n) is 3.61. The first-order valence-electron chi connectivity index (χ1n) is 4.60. The van der Waals surface area contributed by atoms with Gasteiger partial charge >= 0.3 is 0 Å². The molecule has 0 aromatic rings. The van der Waals surface area contributed by atoms with E-state index in [1.54, 1.807) is 0 Å². The summed E-state index contributed by atoms with van der Waals surface area (Å²) in [6, 6.07) is 0. The molecule has 0 amide bonds. The van der Waals surface area contributed by atoms with E-state index in [9.17, 15) is 0 Å². The maximum atomic E-state index is 6.09. The van der Waals surface area contributed by atoms with E-state index in [1.807, 2.05) is 0 Å². The summed E-state index contributed by atoms with van der Waals surface area (Å²) >= 11 is 6.09. The third-order valence-electron chi connectivity index (χ3n) is 2.42. The van der Waals surface area contributed by atoms with Crippen molar-refractivity contribution in [3.8, 4) is 0 Å². The summed E-state index contributed by atoms with van der Waals surface area (Å²) in [6.45, 7) is 8.02. The van der Waals surface area contributed by atoms with E-state index in [4.69, 9.17) is 11.6 Å². The molecule has 1 aliphatic rings. The first kappa shape index (κ1) is 9.34. The van der Waals surface area contributed by atoms with E-state index in [1.165, 1.54) is 25.9 Å². The van der Waals surface area contributed by atoms with Gasteiger partial charge in [0.05, 0.1) is 5.38 Å². The molecule has 1 heterocycles. The molecule has 1 aliphatic heterocycles. The third kappa shape index (κ3) is 2.64. The summed E-state index contributed by atoms with van der Waals surface area (Å²) in [6.07, 6.45) is 2.61. The first-order valence-corrected chi connectivity index (χ1v) is 5.04. The molecule has 0 radical (unpaired) electrons. The van der Waals surface area contributed by atoms with Crippen molar-refractivity contribution in [1.29, 1.82) is 0 Å². The van der Waals surface area contributed by atoms with Crippen LogP contribution in [0.25, 0.3) is 0 Å². The molecule has 0 N–H and O–H groups in total. The van der Waals surface area contributed by atoms with Crippen molar-refractivity contribution in [2.45, 2.75) is 32.1 Å². The molecule has 0 aromatic heterocycles. The van der Waals surface area contributed by atoms with Crippen LogP contribution in [-0.2, 0) is 0 Å². The fourth-order valence-corrected chi connectivity index (χ4v) is 1.86. The van der Waals surface area contributed by atoms with Crippen LogP contribution in [0.5, 0.6) is 0 Å². The summed E-state index contributed by atoms with van der Waals surface area (Å²) < 4.78 is 0. The van der Waals surface area contributed by atoms with Crippen molar-refractivity contribution >= 4 is 11.6 Å². The van der Waals surface area contributed by atoms with Crippen molar-refractivity contribution < 1.29 is 0 Å². The highest BCUT2D eigenvalue weighted by Crippen LogP contribution is 2.21. The molecular weight excluding hydrogens is 158 g/mol. The Morgan fingerprint density at radius 3 is 2.64 bits per heavy atom. The molecule has 2 heteroatoms. The Balaban J connectivity index is 2.18. The first-order chi connectivity index (χ1) is 5.24. The molecule has 66 valence electrons. The lowest BCUT2D eigenvalue weighted by Gasteiger charge is -2.13. The Bertz CT molecular complexity index is 106. The van der Waals surface area contributed by atoms with Gasteiger partial charge in [0.2, 0.25) is 0 Å². The minimum absolute atomic E-state index is 0.395. The fraction of sp³-hybridized carbons (Fsp3) is 1.00. The highest BCUT2D eigenvalue weighted by atomic mass is 35.5. The average molecular weight is 176 g/mol. The number of hydrogen-bond donors (Lipinski definition) is 0. The van der Waals surface area contributed by atoms with E-state index in [0.29, 0.717) is 11.3 Å². The van der Waals surface area contributed by atoms with Crippen LogP contribution in [0.3, 0.4) is 0 Å². The van der Waals surface area contributed by atoms with Gasteiger partial charge in [-0.3, -0.25) is 0 Å². The van der Waals surface area contributed by atoms with Crippen LogP contribution in [-0.4, -0.2) is 29.9 Å². The lowest BCUT2D eigenvalue weighted by molar-refractivity contribution is 0.322. The molecule has 2 atom stereocenters. The zero-order valence-electron chi connectivity index (χ0n) is 7.52. The van der Waals surface area contributed by atoms with Crippen LogP contribution in [0.2, 0.25) is 0 Å². The van der Waals surface area contributed by atoms with Crippen molar-refractivity contribution in [1.82, 2.24) is 4.90 Å². The minimum Gasteiger partial charge on any atom is -0.302 e. The molecule has 11 heavy (non-hydrogen) atoms. The smallest absolute Gasteiger partial charge is 0.0500 e. The van der Waals surface area contributed by atoms with Gasteiger partial charge in [-0.2, -0.15) is 0 Å². The fourth-order valence-electron chi connectivity index (χ4n) is 1.59. The lowest BCUT2D eigenvalue weighted by Crippen LogP contribution is -2.21. The SMILES string of the molecule is CCCCN1CC(C)C(Cl)C1. The third-order valence-corrected chi connectivity index (χ3v) is 2.99. The van der Waals surface area contributed by atoms with Gasteiger partial charge in [0.15, 0.2) is 0 Å².